The van der Waals surface area contributed by atoms with Crippen LogP contribution in [0.2, 0.25) is 0 Å². The van der Waals surface area contributed by atoms with Gasteiger partial charge in [-0.15, -0.1) is 24.8 Å². The number of nitrogens with one attached hydrogen (secondary N) is 2. The van der Waals surface area contributed by atoms with Crippen LogP contribution >= 0.6 is 36.8 Å². The molecule has 0 saturated carbocycles. The molecule has 120 valence electrons. The van der Waals surface area contributed by atoms with Crippen LogP contribution in [0.5, 0.6) is 17.2 Å². The predicted molar refractivity (Wildman–Crippen MR) is 96.4 cm³/mol. The molecule has 1 aliphatic rings. The Kier molecular flexibility index (Phi) is 7.44. The summed E-state index contributed by atoms with van der Waals surface area (Å²) in [5.41, 5.74) is 1.04. The number of pyridine rings is 1. The highest BCUT2D eigenvalue weighted by atomic mass is 35.5. The molecule has 0 saturated heterocycles. The van der Waals surface area contributed by atoms with Crippen LogP contribution < -0.4 is 19.5 Å². The SMILES string of the molecule is CSNc1ccc(Oc2ccnc3c2OCCN3)cc1.Cl.Cl. The molecule has 0 fully saturated rings. The highest BCUT2D eigenvalue weighted by Gasteiger charge is 2.16. The van der Waals surface area contributed by atoms with E-state index >= 15 is 0 Å². The fourth-order valence-corrected chi connectivity index (χ4v) is 2.31. The highest BCUT2D eigenvalue weighted by Crippen LogP contribution is 2.37. The van der Waals surface area contributed by atoms with Crippen molar-refractivity contribution < 1.29 is 9.47 Å². The fraction of sp³-hybridized carbons (Fsp3) is 0.214. The third-order valence-electron chi connectivity index (χ3n) is 2.81. The topological polar surface area (TPSA) is 55.4 Å². The minimum Gasteiger partial charge on any atom is -0.485 e. The van der Waals surface area contributed by atoms with Crippen LogP contribution in [0.15, 0.2) is 36.5 Å². The molecule has 2 heterocycles. The van der Waals surface area contributed by atoms with Crippen molar-refractivity contribution in [2.45, 2.75) is 0 Å². The van der Waals surface area contributed by atoms with Gasteiger partial charge < -0.3 is 19.5 Å². The summed E-state index contributed by atoms with van der Waals surface area (Å²) in [6.07, 6.45) is 3.69. The first-order valence-electron chi connectivity index (χ1n) is 6.29. The van der Waals surface area contributed by atoms with Gasteiger partial charge in [0.1, 0.15) is 12.4 Å². The van der Waals surface area contributed by atoms with Crippen molar-refractivity contribution in [1.29, 1.82) is 0 Å². The number of benzene rings is 1. The highest BCUT2D eigenvalue weighted by molar-refractivity contribution is 7.99. The lowest BCUT2D eigenvalue weighted by Gasteiger charge is -2.20. The molecule has 5 nitrogen and oxygen atoms in total. The summed E-state index contributed by atoms with van der Waals surface area (Å²) >= 11 is 1.56. The maximum Gasteiger partial charge on any atom is 0.204 e. The predicted octanol–water partition coefficient (Wildman–Crippen LogP) is 4.21. The zero-order chi connectivity index (χ0) is 13.8. The maximum atomic E-state index is 5.87. The Hall–Kier alpha value is -1.50. The Labute approximate surface area is 146 Å². The number of nitrogens with zero attached hydrogens (tertiary/aromatic N) is 1. The fourth-order valence-electron chi connectivity index (χ4n) is 1.93. The molecule has 0 radical (unpaired) electrons. The van der Waals surface area contributed by atoms with Gasteiger partial charge in [0.05, 0.1) is 6.54 Å². The number of hydrogen-bond acceptors (Lipinski definition) is 6. The van der Waals surface area contributed by atoms with Gasteiger partial charge in [0.2, 0.25) is 5.75 Å². The van der Waals surface area contributed by atoms with Crippen molar-refractivity contribution in [2.24, 2.45) is 0 Å². The second kappa shape index (κ2) is 8.82. The third kappa shape index (κ3) is 4.25. The van der Waals surface area contributed by atoms with Crippen molar-refractivity contribution in [2.75, 3.05) is 29.4 Å². The lowest BCUT2D eigenvalue weighted by atomic mass is 10.3. The molecule has 1 aromatic carbocycles. The summed E-state index contributed by atoms with van der Waals surface area (Å²) in [6, 6.07) is 9.58. The lowest BCUT2D eigenvalue weighted by molar-refractivity contribution is 0.304. The summed E-state index contributed by atoms with van der Waals surface area (Å²) in [4.78, 5) is 4.23. The maximum absolute atomic E-state index is 5.87. The molecular formula is C14H17Cl2N3O2S. The Balaban J connectivity index is 0.00000121. The molecule has 8 heteroatoms. The number of ether oxygens (including phenoxy) is 2. The Morgan fingerprint density at radius 1 is 1.23 bits per heavy atom. The second-order valence-electron chi connectivity index (χ2n) is 4.19. The minimum atomic E-state index is 0. The average Bonchev–Trinajstić information content (AvgIpc) is 2.50. The molecule has 2 N–H and O–H groups in total. The number of rotatable bonds is 4. The normalized spacial score (nSPS) is 11.7. The molecule has 2 aromatic rings. The average molecular weight is 362 g/mol. The van der Waals surface area contributed by atoms with Gasteiger partial charge in [0, 0.05) is 24.2 Å². The molecule has 0 unspecified atom stereocenters. The van der Waals surface area contributed by atoms with E-state index in [4.69, 9.17) is 9.47 Å². The van der Waals surface area contributed by atoms with E-state index < -0.39 is 0 Å². The summed E-state index contributed by atoms with van der Waals surface area (Å²) in [5, 5.41) is 3.19. The van der Waals surface area contributed by atoms with E-state index in [0.717, 1.165) is 23.8 Å². The van der Waals surface area contributed by atoms with Crippen LogP contribution in [0.1, 0.15) is 0 Å². The summed E-state index contributed by atoms with van der Waals surface area (Å²) < 4.78 is 14.7. The van der Waals surface area contributed by atoms with Gasteiger partial charge >= 0.3 is 0 Å². The first-order valence-corrected chi connectivity index (χ1v) is 7.52. The number of fused-ring (bicyclic) bond motifs is 1. The van der Waals surface area contributed by atoms with E-state index in [1.807, 2.05) is 30.5 Å². The quantitative estimate of drug-likeness (QED) is 0.795. The first kappa shape index (κ1) is 18.5. The molecular weight excluding hydrogens is 345 g/mol. The van der Waals surface area contributed by atoms with E-state index in [2.05, 4.69) is 15.0 Å². The largest absolute Gasteiger partial charge is 0.485 e. The Bertz CT molecular complexity index is 599. The molecule has 22 heavy (non-hydrogen) atoms. The summed E-state index contributed by atoms with van der Waals surface area (Å²) in [5.74, 6) is 2.84. The van der Waals surface area contributed by atoms with Crippen LogP contribution in [-0.4, -0.2) is 24.4 Å². The molecule has 1 aromatic heterocycles. The van der Waals surface area contributed by atoms with Crippen molar-refractivity contribution in [3.05, 3.63) is 36.5 Å². The van der Waals surface area contributed by atoms with E-state index in [-0.39, 0.29) is 24.8 Å². The van der Waals surface area contributed by atoms with E-state index in [1.165, 1.54) is 0 Å². The molecule has 0 aliphatic carbocycles. The molecule has 0 atom stereocenters. The van der Waals surface area contributed by atoms with Crippen LogP contribution in [0.25, 0.3) is 0 Å². The van der Waals surface area contributed by atoms with Crippen molar-refractivity contribution in [1.82, 2.24) is 4.98 Å². The van der Waals surface area contributed by atoms with Gasteiger partial charge in [-0.05, 0) is 24.3 Å². The van der Waals surface area contributed by atoms with Crippen molar-refractivity contribution in [3.63, 3.8) is 0 Å². The first-order chi connectivity index (χ1) is 9.86. The number of halogens is 2. The van der Waals surface area contributed by atoms with Crippen molar-refractivity contribution >= 4 is 48.3 Å². The Morgan fingerprint density at radius 3 is 2.73 bits per heavy atom. The molecule has 3 rings (SSSR count). The molecule has 0 amide bonds. The van der Waals surface area contributed by atoms with Crippen LogP contribution in [0.4, 0.5) is 11.5 Å². The van der Waals surface area contributed by atoms with Gasteiger partial charge in [-0.3, -0.25) is 0 Å². The molecule has 0 bridgehead atoms. The number of anilines is 2. The van der Waals surface area contributed by atoms with Gasteiger partial charge in [-0.25, -0.2) is 4.98 Å². The van der Waals surface area contributed by atoms with E-state index in [0.29, 0.717) is 18.1 Å². The summed E-state index contributed by atoms with van der Waals surface area (Å²) in [7, 11) is 0. The smallest absolute Gasteiger partial charge is 0.204 e. The molecule has 1 aliphatic heterocycles. The van der Waals surface area contributed by atoms with Crippen LogP contribution in [0.3, 0.4) is 0 Å². The number of aromatic nitrogens is 1. The van der Waals surface area contributed by atoms with Gasteiger partial charge in [0.15, 0.2) is 11.6 Å². The van der Waals surface area contributed by atoms with Gasteiger partial charge in [0.25, 0.3) is 0 Å². The third-order valence-corrected chi connectivity index (χ3v) is 3.25. The van der Waals surface area contributed by atoms with Gasteiger partial charge in [-0.1, -0.05) is 11.9 Å². The van der Waals surface area contributed by atoms with E-state index in [9.17, 15) is 0 Å². The van der Waals surface area contributed by atoms with Crippen molar-refractivity contribution in [3.8, 4) is 17.2 Å². The van der Waals surface area contributed by atoms with E-state index in [1.54, 1.807) is 24.2 Å². The monoisotopic (exact) mass is 361 g/mol. The zero-order valence-corrected chi connectivity index (χ0v) is 14.3. The molecule has 0 spiro atoms. The Morgan fingerprint density at radius 2 is 2.00 bits per heavy atom. The van der Waals surface area contributed by atoms with Gasteiger partial charge in [-0.2, -0.15) is 0 Å². The lowest BCUT2D eigenvalue weighted by Crippen LogP contribution is -2.19. The zero-order valence-electron chi connectivity index (χ0n) is 11.9. The van der Waals surface area contributed by atoms with Crippen LogP contribution in [-0.2, 0) is 0 Å². The van der Waals surface area contributed by atoms with Crippen LogP contribution in [0, 0.1) is 0 Å². The minimum absolute atomic E-state index is 0. The second-order valence-corrected chi connectivity index (χ2v) is 4.81. The summed E-state index contributed by atoms with van der Waals surface area (Å²) in [6.45, 7) is 1.38. The number of hydrogen-bond donors (Lipinski definition) is 2. The standard InChI is InChI=1S/C14H15N3O2S.2ClH/c1-20-17-10-2-4-11(5-3-10)19-12-6-7-15-14-13(12)18-9-8-16-14;;/h2-7,17H,8-9H2,1H3,(H,15,16);2*1H.